The van der Waals surface area contributed by atoms with E-state index in [1.807, 2.05) is 0 Å². The van der Waals surface area contributed by atoms with E-state index >= 15 is 0 Å². The van der Waals surface area contributed by atoms with Crippen molar-refractivity contribution in [3.8, 4) is 0 Å². The fourth-order valence-corrected chi connectivity index (χ4v) is 5.38. The van der Waals surface area contributed by atoms with Crippen molar-refractivity contribution in [1.82, 2.24) is 0 Å². The van der Waals surface area contributed by atoms with Gasteiger partial charge in [0.2, 0.25) is 0 Å². The summed E-state index contributed by atoms with van der Waals surface area (Å²) in [7, 11) is 0. The summed E-state index contributed by atoms with van der Waals surface area (Å²) in [6.45, 7) is 8.12. The Morgan fingerprint density at radius 2 is 1.68 bits per heavy atom. The number of fused-ring (bicyclic) bond motifs is 2. The minimum atomic E-state index is -0.241. The number of ether oxygens (including phenoxy) is 1. The van der Waals surface area contributed by atoms with Gasteiger partial charge < -0.3 is 4.74 Å². The molecular formula is C17H26O2. The lowest BCUT2D eigenvalue weighted by Crippen LogP contribution is -2.48. The van der Waals surface area contributed by atoms with E-state index in [2.05, 4.69) is 20.4 Å². The minimum Gasteiger partial charge on any atom is -0.458 e. The molecule has 4 saturated carbocycles. The van der Waals surface area contributed by atoms with Crippen molar-refractivity contribution >= 4 is 5.97 Å². The summed E-state index contributed by atoms with van der Waals surface area (Å²) in [5, 5.41) is 0. The van der Waals surface area contributed by atoms with Gasteiger partial charge in [-0.15, -0.1) is 0 Å². The molecule has 4 fully saturated rings. The molecule has 3 unspecified atom stereocenters. The Kier molecular flexibility index (Phi) is 3.23. The SMILES string of the molecule is C=CC(=O)OC1C2CC3CC(CC(C3)CC1(C)C)C2. The maximum absolute atomic E-state index is 11.7. The van der Waals surface area contributed by atoms with Gasteiger partial charge in [-0.25, -0.2) is 4.79 Å². The van der Waals surface area contributed by atoms with Gasteiger partial charge in [-0.1, -0.05) is 20.4 Å². The summed E-state index contributed by atoms with van der Waals surface area (Å²) in [6.07, 6.45) is 9.41. The highest BCUT2D eigenvalue weighted by atomic mass is 16.5. The Hall–Kier alpha value is -0.790. The van der Waals surface area contributed by atoms with Gasteiger partial charge in [0.15, 0.2) is 0 Å². The molecule has 0 radical (unpaired) electrons. The van der Waals surface area contributed by atoms with Crippen LogP contribution in [0.2, 0.25) is 0 Å². The van der Waals surface area contributed by atoms with E-state index in [1.165, 1.54) is 44.6 Å². The topological polar surface area (TPSA) is 26.3 Å². The molecule has 4 aliphatic carbocycles. The van der Waals surface area contributed by atoms with Crippen molar-refractivity contribution in [2.24, 2.45) is 29.1 Å². The van der Waals surface area contributed by atoms with Crippen LogP contribution in [0.25, 0.3) is 0 Å². The first-order valence-electron chi connectivity index (χ1n) is 7.81. The molecule has 4 bridgehead atoms. The van der Waals surface area contributed by atoms with Crippen LogP contribution in [0.5, 0.6) is 0 Å². The summed E-state index contributed by atoms with van der Waals surface area (Å²) in [6, 6.07) is 0. The summed E-state index contributed by atoms with van der Waals surface area (Å²) in [4.78, 5) is 11.7. The van der Waals surface area contributed by atoms with Crippen molar-refractivity contribution in [2.75, 3.05) is 0 Å². The Labute approximate surface area is 116 Å². The zero-order valence-electron chi connectivity index (χ0n) is 12.2. The van der Waals surface area contributed by atoms with E-state index in [4.69, 9.17) is 4.74 Å². The van der Waals surface area contributed by atoms with Crippen molar-refractivity contribution < 1.29 is 9.53 Å². The highest BCUT2D eigenvalue weighted by Gasteiger charge is 2.49. The first kappa shape index (κ1) is 13.2. The second kappa shape index (κ2) is 4.64. The molecule has 19 heavy (non-hydrogen) atoms. The van der Waals surface area contributed by atoms with E-state index in [0.717, 1.165) is 17.8 Å². The highest BCUT2D eigenvalue weighted by Crippen LogP contribution is 2.54. The van der Waals surface area contributed by atoms with Gasteiger partial charge in [-0.05, 0) is 62.2 Å². The van der Waals surface area contributed by atoms with Crippen molar-refractivity contribution in [3.05, 3.63) is 12.7 Å². The number of carbonyl (C=O) groups is 1. The van der Waals surface area contributed by atoms with Gasteiger partial charge in [0, 0.05) is 11.5 Å². The number of hydrogen-bond donors (Lipinski definition) is 0. The van der Waals surface area contributed by atoms with Gasteiger partial charge in [-0.2, -0.15) is 0 Å². The highest BCUT2D eigenvalue weighted by molar-refractivity contribution is 5.81. The van der Waals surface area contributed by atoms with E-state index in [1.54, 1.807) is 0 Å². The average Bonchev–Trinajstić information content (AvgIpc) is 2.32. The second-order valence-electron chi connectivity index (χ2n) is 7.79. The molecule has 0 aliphatic heterocycles. The molecule has 0 aromatic heterocycles. The molecule has 4 aliphatic rings. The van der Waals surface area contributed by atoms with Gasteiger partial charge in [0.1, 0.15) is 6.10 Å². The largest absolute Gasteiger partial charge is 0.458 e. The predicted octanol–water partition coefficient (Wildman–Crippen LogP) is 3.96. The zero-order chi connectivity index (χ0) is 13.6. The van der Waals surface area contributed by atoms with E-state index in [9.17, 15) is 4.79 Å². The fraction of sp³-hybridized carbons (Fsp3) is 0.824. The van der Waals surface area contributed by atoms with Crippen LogP contribution >= 0.6 is 0 Å². The normalized spacial score (nSPS) is 43.4. The number of hydrogen-bond acceptors (Lipinski definition) is 2. The van der Waals surface area contributed by atoms with E-state index in [0.29, 0.717) is 5.92 Å². The van der Waals surface area contributed by atoms with E-state index < -0.39 is 0 Å². The summed E-state index contributed by atoms with van der Waals surface area (Å²) in [5.74, 6) is 2.97. The molecule has 0 aromatic rings. The van der Waals surface area contributed by atoms with Crippen LogP contribution in [-0.2, 0) is 9.53 Å². The minimum absolute atomic E-state index is 0.0893. The van der Waals surface area contributed by atoms with Crippen LogP contribution in [0, 0.1) is 29.1 Å². The lowest BCUT2D eigenvalue weighted by molar-refractivity contribution is -0.163. The van der Waals surface area contributed by atoms with Crippen LogP contribution < -0.4 is 0 Å². The Morgan fingerprint density at radius 3 is 2.26 bits per heavy atom. The maximum atomic E-state index is 11.7. The van der Waals surface area contributed by atoms with Gasteiger partial charge in [0.05, 0.1) is 0 Å². The van der Waals surface area contributed by atoms with Gasteiger partial charge >= 0.3 is 5.97 Å². The Balaban J connectivity index is 1.87. The standard InChI is InChI=1S/C17H26O2/c1-4-15(18)19-16-14-8-11-5-12(9-14)7-13(6-11)10-17(16,2)3/h4,11-14,16H,1,5-10H2,2-3H3. The zero-order valence-corrected chi connectivity index (χ0v) is 12.2. The smallest absolute Gasteiger partial charge is 0.330 e. The van der Waals surface area contributed by atoms with Gasteiger partial charge in [0.25, 0.3) is 0 Å². The molecule has 2 heteroatoms. The number of rotatable bonds is 2. The lowest BCUT2D eigenvalue weighted by atomic mass is 9.55. The summed E-state index contributed by atoms with van der Waals surface area (Å²) >= 11 is 0. The predicted molar refractivity (Wildman–Crippen MR) is 75.5 cm³/mol. The molecule has 0 aromatic carbocycles. The van der Waals surface area contributed by atoms with Crippen LogP contribution in [0.1, 0.15) is 52.4 Å². The number of carbonyl (C=O) groups excluding carboxylic acids is 1. The lowest BCUT2D eigenvalue weighted by Gasteiger charge is -2.52. The van der Waals surface area contributed by atoms with Crippen molar-refractivity contribution in [3.63, 3.8) is 0 Å². The third-order valence-electron chi connectivity index (χ3n) is 5.70. The van der Waals surface area contributed by atoms with Crippen molar-refractivity contribution in [2.45, 2.75) is 58.5 Å². The van der Waals surface area contributed by atoms with Crippen molar-refractivity contribution in [1.29, 1.82) is 0 Å². The Morgan fingerprint density at radius 1 is 1.11 bits per heavy atom. The molecule has 0 heterocycles. The molecule has 2 nitrogen and oxygen atoms in total. The Bertz CT molecular complexity index is 371. The molecule has 0 spiro atoms. The fourth-order valence-electron chi connectivity index (χ4n) is 5.38. The summed E-state index contributed by atoms with van der Waals surface area (Å²) in [5.41, 5.74) is 0.112. The van der Waals surface area contributed by atoms with Crippen LogP contribution in [0.3, 0.4) is 0 Å². The molecule has 3 atom stereocenters. The first-order chi connectivity index (χ1) is 8.98. The molecule has 0 saturated heterocycles. The maximum Gasteiger partial charge on any atom is 0.330 e. The third kappa shape index (κ3) is 2.46. The quantitative estimate of drug-likeness (QED) is 0.556. The molecule has 0 N–H and O–H groups in total. The van der Waals surface area contributed by atoms with E-state index in [-0.39, 0.29) is 17.5 Å². The molecule has 106 valence electrons. The van der Waals surface area contributed by atoms with Crippen LogP contribution in [0.4, 0.5) is 0 Å². The molecule has 4 rings (SSSR count). The monoisotopic (exact) mass is 262 g/mol. The second-order valence-corrected chi connectivity index (χ2v) is 7.79. The first-order valence-corrected chi connectivity index (χ1v) is 7.81. The van der Waals surface area contributed by atoms with Gasteiger partial charge in [-0.3, -0.25) is 0 Å². The molecule has 0 amide bonds. The number of esters is 1. The molecular weight excluding hydrogens is 236 g/mol. The van der Waals surface area contributed by atoms with Crippen LogP contribution in [0.15, 0.2) is 12.7 Å². The summed E-state index contributed by atoms with van der Waals surface area (Å²) < 4.78 is 5.79. The average molecular weight is 262 g/mol. The third-order valence-corrected chi connectivity index (χ3v) is 5.70. The van der Waals surface area contributed by atoms with Crippen LogP contribution in [-0.4, -0.2) is 12.1 Å².